The third-order valence-electron chi connectivity index (χ3n) is 5.19. The number of H-pyrrole nitrogens is 1. The van der Waals surface area contributed by atoms with Crippen LogP contribution in [0.15, 0.2) is 70.8 Å². The summed E-state index contributed by atoms with van der Waals surface area (Å²) in [6.07, 6.45) is 0. The molecule has 0 saturated heterocycles. The average Bonchev–Trinajstić information content (AvgIpc) is 3.32. The summed E-state index contributed by atoms with van der Waals surface area (Å²) < 4.78 is 13.4. The molecule has 0 aliphatic heterocycles. The second-order valence-corrected chi connectivity index (χ2v) is 8.38. The summed E-state index contributed by atoms with van der Waals surface area (Å²) in [6, 6.07) is 16.8. The van der Waals surface area contributed by atoms with E-state index in [4.69, 9.17) is 0 Å². The monoisotopic (exact) mass is 450 g/mol. The topological polar surface area (TPSA) is 78.1 Å². The van der Waals surface area contributed by atoms with Crippen molar-refractivity contribution in [2.45, 2.75) is 19.5 Å². The Kier molecular flexibility index (Phi) is 6.72. The van der Waals surface area contributed by atoms with Crippen LogP contribution in [0.5, 0.6) is 0 Å². The average molecular weight is 451 g/mol. The molecule has 2 aromatic heterocycles. The van der Waals surface area contributed by atoms with Gasteiger partial charge in [-0.25, -0.2) is 9.37 Å². The van der Waals surface area contributed by atoms with Gasteiger partial charge >= 0.3 is 0 Å². The van der Waals surface area contributed by atoms with Gasteiger partial charge in [-0.3, -0.25) is 14.5 Å². The molecular formula is C24H23FN4O2S. The quantitative estimate of drug-likeness (QED) is 0.427. The number of aromatic nitrogens is 2. The van der Waals surface area contributed by atoms with Gasteiger partial charge in [0, 0.05) is 4.88 Å². The molecule has 1 unspecified atom stereocenters. The SMILES string of the molecule is CCN(CC(=O)NC(c1ccc(F)cc1)c1cccs1)Cc1nc2ccccc2c(=O)[nH]1. The molecule has 32 heavy (non-hydrogen) atoms. The highest BCUT2D eigenvalue weighted by molar-refractivity contribution is 7.10. The van der Waals surface area contributed by atoms with Crippen LogP contribution in [0.1, 0.15) is 29.2 Å². The first-order valence-corrected chi connectivity index (χ1v) is 11.2. The molecule has 6 nitrogen and oxygen atoms in total. The van der Waals surface area contributed by atoms with Gasteiger partial charge < -0.3 is 10.3 Å². The Balaban J connectivity index is 1.48. The van der Waals surface area contributed by atoms with Crippen LogP contribution in [0.4, 0.5) is 4.39 Å². The molecule has 0 fully saturated rings. The van der Waals surface area contributed by atoms with Gasteiger partial charge in [-0.05, 0) is 47.8 Å². The van der Waals surface area contributed by atoms with E-state index in [9.17, 15) is 14.0 Å². The number of carbonyl (C=O) groups excluding carboxylic acids is 1. The highest BCUT2D eigenvalue weighted by atomic mass is 32.1. The summed E-state index contributed by atoms with van der Waals surface area (Å²) in [5.41, 5.74) is 1.24. The minimum Gasteiger partial charge on any atom is -0.343 e. The van der Waals surface area contributed by atoms with E-state index in [0.29, 0.717) is 29.8 Å². The van der Waals surface area contributed by atoms with Crippen molar-refractivity contribution in [1.82, 2.24) is 20.2 Å². The molecule has 2 heterocycles. The highest BCUT2D eigenvalue weighted by Gasteiger charge is 2.20. The lowest BCUT2D eigenvalue weighted by molar-refractivity contribution is -0.122. The van der Waals surface area contributed by atoms with Gasteiger partial charge in [0.2, 0.25) is 5.91 Å². The van der Waals surface area contributed by atoms with E-state index in [2.05, 4.69) is 15.3 Å². The lowest BCUT2D eigenvalue weighted by Gasteiger charge is -2.23. The lowest BCUT2D eigenvalue weighted by atomic mass is 10.1. The van der Waals surface area contributed by atoms with Crippen LogP contribution in [-0.2, 0) is 11.3 Å². The zero-order chi connectivity index (χ0) is 22.5. The fourth-order valence-corrected chi connectivity index (χ4v) is 4.34. The van der Waals surface area contributed by atoms with Gasteiger partial charge in [-0.15, -0.1) is 11.3 Å². The van der Waals surface area contributed by atoms with Crippen LogP contribution in [0, 0.1) is 5.82 Å². The van der Waals surface area contributed by atoms with Crippen molar-refractivity contribution in [3.05, 3.63) is 98.5 Å². The minimum absolute atomic E-state index is 0.135. The Hall–Kier alpha value is -3.36. The fourth-order valence-electron chi connectivity index (χ4n) is 3.54. The molecule has 0 bridgehead atoms. The smallest absolute Gasteiger partial charge is 0.258 e. The van der Waals surface area contributed by atoms with Gasteiger partial charge in [-0.2, -0.15) is 0 Å². The predicted octanol–water partition coefficient (Wildman–Crippen LogP) is 3.85. The summed E-state index contributed by atoms with van der Waals surface area (Å²) in [7, 11) is 0. The second kappa shape index (κ2) is 9.84. The van der Waals surface area contributed by atoms with Crippen molar-refractivity contribution in [3.63, 3.8) is 0 Å². The first-order chi connectivity index (χ1) is 15.5. The number of halogens is 1. The number of aromatic amines is 1. The second-order valence-electron chi connectivity index (χ2n) is 7.40. The van der Waals surface area contributed by atoms with E-state index in [1.54, 1.807) is 30.3 Å². The number of nitrogens with zero attached hydrogens (tertiary/aromatic N) is 2. The molecule has 164 valence electrons. The molecule has 0 aliphatic rings. The largest absolute Gasteiger partial charge is 0.343 e. The van der Waals surface area contributed by atoms with E-state index >= 15 is 0 Å². The van der Waals surface area contributed by atoms with Gasteiger partial charge in [0.25, 0.3) is 5.56 Å². The zero-order valence-corrected chi connectivity index (χ0v) is 18.4. The molecule has 1 amide bonds. The molecule has 0 radical (unpaired) electrons. The number of hydrogen-bond donors (Lipinski definition) is 2. The Labute approximate surface area is 188 Å². The maximum Gasteiger partial charge on any atom is 0.258 e. The number of likely N-dealkylation sites (N-methyl/N-ethyl adjacent to an activating group) is 1. The van der Waals surface area contributed by atoms with Crippen molar-refractivity contribution in [3.8, 4) is 0 Å². The summed E-state index contributed by atoms with van der Waals surface area (Å²) in [6.45, 7) is 3.02. The Morgan fingerprint density at radius 1 is 1.16 bits per heavy atom. The third kappa shape index (κ3) is 5.09. The van der Waals surface area contributed by atoms with Crippen molar-refractivity contribution in [2.24, 2.45) is 0 Å². The molecular weight excluding hydrogens is 427 g/mol. The van der Waals surface area contributed by atoms with Gasteiger partial charge in [0.05, 0.1) is 30.0 Å². The lowest BCUT2D eigenvalue weighted by Crippen LogP contribution is -2.39. The minimum atomic E-state index is -0.361. The van der Waals surface area contributed by atoms with Gasteiger partial charge in [0.15, 0.2) is 0 Å². The van der Waals surface area contributed by atoms with E-state index in [1.165, 1.54) is 23.5 Å². The maximum atomic E-state index is 13.4. The van der Waals surface area contributed by atoms with E-state index in [0.717, 1.165) is 10.4 Å². The predicted molar refractivity (Wildman–Crippen MR) is 124 cm³/mol. The van der Waals surface area contributed by atoms with Crippen molar-refractivity contribution in [1.29, 1.82) is 0 Å². The number of benzene rings is 2. The molecule has 2 N–H and O–H groups in total. The van der Waals surface area contributed by atoms with E-state index in [1.807, 2.05) is 35.4 Å². The first kappa shape index (κ1) is 21.9. The molecule has 4 aromatic rings. The molecule has 0 aliphatic carbocycles. The van der Waals surface area contributed by atoms with Crippen LogP contribution in [0.2, 0.25) is 0 Å². The number of nitrogens with one attached hydrogen (secondary N) is 2. The van der Waals surface area contributed by atoms with Crippen LogP contribution >= 0.6 is 11.3 Å². The molecule has 2 aromatic carbocycles. The zero-order valence-electron chi connectivity index (χ0n) is 17.5. The number of para-hydroxylation sites is 1. The van der Waals surface area contributed by atoms with Gasteiger partial charge in [-0.1, -0.05) is 37.3 Å². The van der Waals surface area contributed by atoms with Crippen molar-refractivity contribution in [2.75, 3.05) is 13.1 Å². The maximum absolute atomic E-state index is 13.4. The van der Waals surface area contributed by atoms with E-state index < -0.39 is 0 Å². The number of carbonyl (C=O) groups is 1. The number of hydrogen-bond acceptors (Lipinski definition) is 5. The fraction of sp³-hybridized carbons (Fsp3) is 0.208. The third-order valence-corrected chi connectivity index (χ3v) is 6.12. The normalized spacial score (nSPS) is 12.2. The molecule has 1 atom stereocenters. The number of rotatable bonds is 8. The Bertz CT molecular complexity index is 1260. The number of thiophene rings is 1. The molecule has 8 heteroatoms. The summed E-state index contributed by atoms with van der Waals surface area (Å²) in [5.74, 6) is 0.0217. The van der Waals surface area contributed by atoms with E-state index in [-0.39, 0.29) is 29.9 Å². The Morgan fingerprint density at radius 3 is 2.66 bits per heavy atom. The van der Waals surface area contributed by atoms with Crippen molar-refractivity contribution < 1.29 is 9.18 Å². The first-order valence-electron chi connectivity index (χ1n) is 10.3. The molecule has 0 spiro atoms. The van der Waals surface area contributed by atoms with Crippen LogP contribution in [0.3, 0.4) is 0 Å². The number of amides is 1. The van der Waals surface area contributed by atoms with Crippen LogP contribution < -0.4 is 10.9 Å². The summed E-state index contributed by atoms with van der Waals surface area (Å²) >= 11 is 1.53. The van der Waals surface area contributed by atoms with Gasteiger partial charge in [0.1, 0.15) is 11.6 Å². The summed E-state index contributed by atoms with van der Waals surface area (Å²) in [4.78, 5) is 35.4. The van der Waals surface area contributed by atoms with Crippen LogP contribution in [-0.4, -0.2) is 33.9 Å². The number of fused-ring (bicyclic) bond motifs is 1. The Morgan fingerprint density at radius 2 is 1.94 bits per heavy atom. The highest BCUT2D eigenvalue weighted by Crippen LogP contribution is 2.26. The van der Waals surface area contributed by atoms with Crippen LogP contribution in [0.25, 0.3) is 10.9 Å². The molecule has 0 saturated carbocycles. The van der Waals surface area contributed by atoms with Crippen molar-refractivity contribution >= 4 is 28.1 Å². The standard InChI is InChI=1S/C24H23FN4O2S/c1-2-29(14-21-26-19-7-4-3-6-18(19)24(31)27-21)15-22(30)28-23(20-8-5-13-32-20)16-9-11-17(25)12-10-16/h3-13,23H,2,14-15H2,1H3,(H,28,30)(H,26,27,31). The molecule has 4 rings (SSSR count). The summed E-state index contributed by atoms with van der Waals surface area (Å²) in [5, 5.41) is 5.54.